The predicted octanol–water partition coefficient (Wildman–Crippen LogP) is 0.941. The molecular weight excluding hydrogens is 234 g/mol. The Bertz CT molecular complexity index is 570. The molecule has 18 heavy (non-hydrogen) atoms. The summed E-state index contributed by atoms with van der Waals surface area (Å²) in [6, 6.07) is 9.26. The maximum Gasteiger partial charge on any atom is 0.354 e. The van der Waals surface area contributed by atoms with Gasteiger partial charge in [-0.05, 0) is 24.3 Å². The lowest BCUT2D eigenvalue weighted by atomic mass is 10.2. The lowest BCUT2D eigenvalue weighted by Gasteiger charge is -2.02. The SMILES string of the molecule is NC(=O)c1cccc(-c2cccc(C(=O)O)n2)n1. The largest absolute Gasteiger partial charge is 0.477 e. The quantitative estimate of drug-likeness (QED) is 0.834. The molecule has 6 nitrogen and oxygen atoms in total. The third-order valence-corrected chi connectivity index (χ3v) is 2.23. The third-order valence-electron chi connectivity index (χ3n) is 2.23. The normalized spacial score (nSPS) is 10.0. The number of carboxylic acid groups (broad SMARTS) is 1. The van der Waals surface area contributed by atoms with E-state index < -0.39 is 11.9 Å². The van der Waals surface area contributed by atoms with Gasteiger partial charge in [0.25, 0.3) is 5.91 Å². The maximum atomic E-state index is 11.0. The zero-order valence-corrected chi connectivity index (χ0v) is 9.20. The van der Waals surface area contributed by atoms with Crippen LogP contribution >= 0.6 is 0 Å². The molecule has 0 atom stereocenters. The van der Waals surface area contributed by atoms with Crippen LogP contribution in [-0.2, 0) is 0 Å². The van der Waals surface area contributed by atoms with Crippen LogP contribution in [0.25, 0.3) is 11.4 Å². The molecule has 0 aliphatic heterocycles. The first-order valence-corrected chi connectivity index (χ1v) is 5.05. The van der Waals surface area contributed by atoms with Gasteiger partial charge in [0.05, 0.1) is 11.4 Å². The summed E-state index contributed by atoms with van der Waals surface area (Å²) in [7, 11) is 0. The van der Waals surface area contributed by atoms with Gasteiger partial charge in [-0.3, -0.25) is 4.79 Å². The molecule has 0 bridgehead atoms. The number of amides is 1. The van der Waals surface area contributed by atoms with Crippen LogP contribution in [0.2, 0.25) is 0 Å². The first-order valence-electron chi connectivity index (χ1n) is 5.05. The Hall–Kier alpha value is -2.76. The lowest BCUT2D eigenvalue weighted by Crippen LogP contribution is -2.13. The summed E-state index contributed by atoms with van der Waals surface area (Å²) >= 11 is 0. The molecule has 0 saturated carbocycles. The zero-order chi connectivity index (χ0) is 13.1. The number of hydrogen-bond acceptors (Lipinski definition) is 4. The molecule has 6 heteroatoms. The van der Waals surface area contributed by atoms with E-state index in [4.69, 9.17) is 10.8 Å². The summed E-state index contributed by atoms with van der Waals surface area (Å²) < 4.78 is 0. The van der Waals surface area contributed by atoms with Gasteiger partial charge in [0.2, 0.25) is 0 Å². The summed E-state index contributed by atoms with van der Waals surface area (Å²) in [5.41, 5.74) is 5.92. The standard InChI is InChI=1S/C12H9N3O3/c13-11(16)9-5-1-3-7(14-9)8-4-2-6-10(15-8)12(17)18/h1-6H,(H2,13,16)(H,17,18). The number of aromatic nitrogens is 2. The summed E-state index contributed by atoms with van der Waals surface area (Å²) in [6.45, 7) is 0. The topological polar surface area (TPSA) is 106 Å². The van der Waals surface area contributed by atoms with Crippen molar-refractivity contribution in [2.24, 2.45) is 5.73 Å². The maximum absolute atomic E-state index is 11.0. The molecule has 1 amide bonds. The summed E-state index contributed by atoms with van der Waals surface area (Å²) in [4.78, 5) is 29.7. The molecule has 0 aliphatic carbocycles. The molecule has 0 unspecified atom stereocenters. The molecule has 2 heterocycles. The zero-order valence-electron chi connectivity index (χ0n) is 9.20. The number of nitrogens with two attached hydrogens (primary N) is 1. The van der Waals surface area contributed by atoms with Crippen molar-refractivity contribution in [3.05, 3.63) is 47.8 Å². The van der Waals surface area contributed by atoms with E-state index in [1.165, 1.54) is 12.1 Å². The van der Waals surface area contributed by atoms with Crippen molar-refractivity contribution >= 4 is 11.9 Å². The third kappa shape index (κ3) is 2.32. The van der Waals surface area contributed by atoms with Crippen molar-refractivity contribution in [3.8, 4) is 11.4 Å². The monoisotopic (exact) mass is 243 g/mol. The van der Waals surface area contributed by atoms with Gasteiger partial charge in [-0.15, -0.1) is 0 Å². The van der Waals surface area contributed by atoms with E-state index >= 15 is 0 Å². The second kappa shape index (κ2) is 4.62. The Morgan fingerprint density at radius 1 is 0.944 bits per heavy atom. The van der Waals surface area contributed by atoms with Crippen LogP contribution in [0.15, 0.2) is 36.4 Å². The van der Waals surface area contributed by atoms with Gasteiger partial charge in [-0.2, -0.15) is 0 Å². The minimum atomic E-state index is -1.12. The highest BCUT2D eigenvalue weighted by Crippen LogP contribution is 2.15. The van der Waals surface area contributed by atoms with Crippen LogP contribution in [0.3, 0.4) is 0 Å². The van der Waals surface area contributed by atoms with Gasteiger partial charge in [-0.1, -0.05) is 12.1 Å². The Balaban J connectivity index is 2.48. The van der Waals surface area contributed by atoms with Crippen LogP contribution < -0.4 is 5.73 Å². The number of primary amides is 1. The summed E-state index contributed by atoms with van der Waals surface area (Å²) in [5.74, 6) is -1.77. The highest BCUT2D eigenvalue weighted by atomic mass is 16.4. The number of carbonyl (C=O) groups excluding carboxylic acids is 1. The summed E-state index contributed by atoms with van der Waals surface area (Å²) in [6.07, 6.45) is 0. The highest BCUT2D eigenvalue weighted by Gasteiger charge is 2.09. The Kier molecular flexibility index (Phi) is 3.01. The van der Waals surface area contributed by atoms with Crippen molar-refractivity contribution in [1.82, 2.24) is 9.97 Å². The number of aromatic carboxylic acids is 1. The number of carboxylic acids is 1. The molecule has 2 aromatic heterocycles. The molecule has 0 saturated heterocycles. The fourth-order valence-electron chi connectivity index (χ4n) is 1.41. The number of carbonyl (C=O) groups is 2. The molecular formula is C12H9N3O3. The van der Waals surface area contributed by atoms with Crippen molar-refractivity contribution in [2.45, 2.75) is 0 Å². The second-order valence-corrected chi connectivity index (χ2v) is 3.49. The smallest absolute Gasteiger partial charge is 0.354 e. The van der Waals surface area contributed by atoms with Crippen molar-refractivity contribution in [3.63, 3.8) is 0 Å². The lowest BCUT2D eigenvalue weighted by molar-refractivity contribution is 0.0690. The number of nitrogens with zero attached hydrogens (tertiary/aromatic N) is 2. The van der Waals surface area contributed by atoms with E-state index in [9.17, 15) is 9.59 Å². The fraction of sp³-hybridized carbons (Fsp3) is 0. The Morgan fingerprint density at radius 3 is 1.94 bits per heavy atom. The molecule has 3 N–H and O–H groups in total. The Labute approximate surface area is 102 Å². The average Bonchev–Trinajstić information content (AvgIpc) is 2.39. The summed E-state index contributed by atoms with van der Waals surface area (Å²) in [5, 5.41) is 8.84. The minimum Gasteiger partial charge on any atom is -0.477 e. The van der Waals surface area contributed by atoms with Crippen molar-refractivity contribution < 1.29 is 14.7 Å². The molecule has 90 valence electrons. The number of rotatable bonds is 3. The average molecular weight is 243 g/mol. The van der Waals surface area contributed by atoms with Gasteiger partial charge in [0.1, 0.15) is 11.4 Å². The van der Waals surface area contributed by atoms with Gasteiger partial charge in [0.15, 0.2) is 0 Å². The van der Waals surface area contributed by atoms with E-state index in [-0.39, 0.29) is 11.4 Å². The van der Waals surface area contributed by atoms with E-state index in [0.717, 1.165) is 0 Å². The van der Waals surface area contributed by atoms with Crippen LogP contribution in [0.1, 0.15) is 21.0 Å². The first-order chi connectivity index (χ1) is 8.58. The Morgan fingerprint density at radius 2 is 1.44 bits per heavy atom. The van der Waals surface area contributed by atoms with Crippen LogP contribution in [0.5, 0.6) is 0 Å². The first kappa shape index (κ1) is 11.7. The molecule has 0 radical (unpaired) electrons. The highest BCUT2D eigenvalue weighted by molar-refractivity contribution is 5.91. The fourth-order valence-corrected chi connectivity index (χ4v) is 1.41. The molecule has 0 aliphatic rings. The van der Waals surface area contributed by atoms with Gasteiger partial charge < -0.3 is 10.8 Å². The predicted molar refractivity (Wildman–Crippen MR) is 62.9 cm³/mol. The van der Waals surface area contributed by atoms with E-state index in [1.807, 2.05) is 0 Å². The van der Waals surface area contributed by atoms with E-state index in [1.54, 1.807) is 24.3 Å². The number of hydrogen-bond donors (Lipinski definition) is 2. The minimum absolute atomic E-state index is 0.0845. The van der Waals surface area contributed by atoms with Crippen LogP contribution in [0.4, 0.5) is 0 Å². The molecule has 0 spiro atoms. The van der Waals surface area contributed by atoms with Crippen molar-refractivity contribution in [1.29, 1.82) is 0 Å². The van der Waals surface area contributed by atoms with Crippen molar-refractivity contribution in [2.75, 3.05) is 0 Å². The molecule has 0 fully saturated rings. The second-order valence-electron chi connectivity index (χ2n) is 3.49. The van der Waals surface area contributed by atoms with Gasteiger partial charge >= 0.3 is 5.97 Å². The molecule has 2 aromatic rings. The van der Waals surface area contributed by atoms with E-state index in [0.29, 0.717) is 11.4 Å². The molecule has 0 aromatic carbocycles. The number of pyridine rings is 2. The van der Waals surface area contributed by atoms with Gasteiger partial charge in [-0.25, -0.2) is 14.8 Å². The van der Waals surface area contributed by atoms with Gasteiger partial charge in [0, 0.05) is 0 Å². The van der Waals surface area contributed by atoms with E-state index in [2.05, 4.69) is 9.97 Å². The van der Waals surface area contributed by atoms with Crippen LogP contribution in [-0.4, -0.2) is 27.0 Å². The van der Waals surface area contributed by atoms with Crippen LogP contribution in [0, 0.1) is 0 Å². The molecule has 2 rings (SSSR count).